The van der Waals surface area contributed by atoms with Crippen LogP contribution in [0.3, 0.4) is 0 Å². The second-order valence-electron chi connectivity index (χ2n) is 3.70. The molecule has 1 heterocycles. The van der Waals surface area contributed by atoms with Crippen LogP contribution in [0, 0.1) is 0 Å². The minimum absolute atomic E-state index is 0.0171. The van der Waals surface area contributed by atoms with Crippen molar-refractivity contribution in [3.05, 3.63) is 70.1 Å². The monoisotopic (exact) mass is 228 g/mol. The smallest absolute Gasteiger partial charge is 0.263 e. The molecule has 0 fully saturated rings. The predicted octanol–water partition coefficient (Wildman–Crippen LogP) is 0.996. The summed E-state index contributed by atoms with van der Waals surface area (Å²) in [5.41, 5.74) is 5.78. The molecule has 0 aliphatic carbocycles. The van der Waals surface area contributed by atoms with E-state index in [-0.39, 0.29) is 11.1 Å². The Morgan fingerprint density at radius 2 is 1.82 bits per heavy atom. The second kappa shape index (κ2) is 4.65. The van der Waals surface area contributed by atoms with Crippen LogP contribution in [-0.4, -0.2) is 10.5 Å². The summed E-state index contributed by atoms with van der Waals surface area (Å²) >= 11 is 0. The Labute approximate surface area is 98.3 Å². The number of pyridine rings is 1. The fourth-order valence-electron chi connectivity index (χ4n) is 1.63. The van der Waals surface area contributed by atoms with E-state index in [0.29, 0.717) is 6.54 Å². The molecule has 17 heavy (non-hydrogen) atoms. The molecule has 0 saturated carbocycles. The Bertz CT molecular complexity index is 588. The van der Waals surface area contributed by atoms with Crippen molar-refractivity contribution < 1.29 is 4.79 Å². The zero-order valence-electron chi connectivity index (χ0n) is 9.17. The van der Waals surface area contributed by atoms with Crippen LogP contribution in [-0.2, 0) is 6.54 Å². The number of aromatic nitrogens is 1. The summed E-state index contributed by atoms with van der Waals surface area (Å²) < 4.78 is 1.47. The first-order valence-corrected chi connectivity index (χ1v) is 5.21. The van der Waals surface area contributed by atoms with Gasteiger partial charge >= 0.3 is 0 Å². The summed E-state index contributed by atoms with van der Waals surface area (Å²) in [7, 11) is 0. The Morgan fingerprint density at radius 3 is 2.47 bits per heavy atom. The Kier molecular flexibility index (Phi) is 3.05. The van der Waals surface area contributed by atoms with Gasteiger partial charge in [0.2, 0.25) is 0 Å². The van der Waals surface area contributed by atoms with Crippen molar-refractivity contribution in [3.63, 3.8) is 0 Å². The topological polar surface area (TPSA) is 65.1 Å². The lowest BCUT2D eigenvalue weighted by molar-refractivity contribution is 0.0998. The maximum absolute atomic E-state index is 11.9. The third-order valence-corrected chi connectivity index (χ3v) is 2.48. The van der Waals surface area contributed by atoms with Crippen LogP contribution in [0.1, 0.15) is 15.9 Å². The van der Waals surface area contributed by atoms with Crippen LogP contribution >= 0.6 is 0 Å². The molecule has 0 unspecified atom stereocenters. The minimum Gasteiger partial charge on any atom is -0.365 e. The number of benzene rings is 1. The van der Waals surface area contributed by atoms with Gasteiger partial charge in [-0.1, -0.05) is 30.3 Å². The zero-order chi connectivity index (χ0) is 12.3. The first-order valence-electron chi connectivity index (χ1n) is 5.21. The minimum atomic E-state index is -0.697. The van der Waals surface area contributed by atoms with Crippen molar-refractivity contribution in [2.24, 2.45) is 5.73 Å². The van der Waals surface area contributed by atoms with E-state index in [1.165, 1.54) is 10.6 Å². The molecule has 4 heteroatoms. The summed E-state index contributed by atoms with van der Waals surface area (Å²) in [4.78, 5) is 22.9. The fraction of sp³-hybridized carbons (Fsp3) is 0.0769. The molecule has 4 nitrogen and oxygen atoms in total. The largest absolute Gasteiger partial charge is 0.365 e. The third-order valence-electron chi connectivity index (χ3n) is 2.48. The van der Waals surface area contributed by atoms with Gasteiger partial charge in [-0.3, -0.25) is 9.59 Å². The number of primary amides is 1. The van der Waals surface area contributed by atoms with E-state index in [0.717, 1.165) is 5.56 Å². The molecule has 0 bridgehead atoms. The average Bonchev–Trinajstić information content (AvgIpc) is 2.33. The number of hydrogen-bond acceptors (Lipinski definition) is 2. The van der Waals surface area contributed by atoms with Gasteiger partial charge in [-0.15, -0.1) is 0 Å². The quantitative estimate of drug-likeness (QED) is 0.851. The molecule has 0 saturated heterocycles. The van der Waals surface area contributed by atoms with E-state index in [9.17, 15) is 9.59 Å². The highest BCUT2D eigenvalue weighted by Crippen LogP contribution is 2.01. The Morgan fingerprint density at radius 1 is 1.12 bits per heavy atom. The molecule has 1 aromatic heterocycles. The third kappa shape index (κ3) is 2.42. The second-order valence-corrected chi connectivity index (χ2v) is 3.70. The number of rotatable bonds is 3. The molecule has 2 rings (SSSR count). The van der Waals surface area contributed by atoms with Crippen LogP contribution in [0.5, 0.6) is 0 Å². The van der Waals surface area contributed by atoms with Crippen molar-refractivity contribution in [1.29, 1.82) is 0 Å². The fourth-order valence-corrected chi connectivity index (χ4v) is 1.63. The Balaban J connectivity index is 2.38. The zero-order valence-corrected chi connectivity index (χ0v) is 9.17. The molecule has 1 aromatic carbocycles. The molecule has 2 N–H and O–H groups in total. The van der Waals surface area contributed by atoms with Gasteiger partial charge in [0.25, 0.3) is 11.5 Å². The summed E-state index contributed by atoms with van der Waals surface area (Å²) in [6.07, 6.45) is 1.64. The molecule has 0 aliphatic rings. The van der Waals surface area contributed by atoms with Gasteiger partial charge in [-0.2, -0.15) is 0 Å². The number of nitrogens with two attached hydrogens (primary N) is 1. The van der Waals surface area contributed by atoms with Gasteiger partial charge in [0.15, 0.2) is 0 Å². The van der Waals surface area contributed by atoms with Crippen LogP contribution in [0.15, 0.2) is 53.5 Å². The molecule has 1 amide bonds. The van der Waals surface area contributed by atoms with Crippen LogP contribution < -0.4 is 11.3 Å². The van der Waals surface area contributed by atoms with Crippen LogP contribution in [0.2, 0.25) is 0 Å². The Hall–Kier alpha value is -2.36. The molecule has 0 radical (unpaired) electrons. The summed E-state index contributed by atoms with van der Waals surface area (Å²) in [5.74, 6) is -0.697. The highest BCUT2D eigenvalue weighted by Gasteiger charge is 2.07. The summed E-state index contributed by atoms with van der Waals surface area (Å²) in [6.45, 7) is 0.431. The van der Waals surface area contributed by atoms with Gasteiger partial charge in [0.1, 0.15) is 5.56 Å². The van der Waals surface area contributed by atoms with Crippen molar-refractivity contribution in [2.45, 2.75) is 6.54 Å². The van der Waals surface area contributed by atoms with Gasteiger partial charge in [0.05, 0.1) is 6.54 Å². The van der Waals surface area contributed by atoms with E-state index in [4.69, 9.17) is 5.73 Å². The lowest BCUT2D eigenvalue weighted by atomic mass is 10.2. The number of hydrogen-bond donors (Lipinski definition) is 1. The average molecular weight is 228 g/mol. The highest BCUT2D eigenvalue weighted by atomic mass is 16.2. The molecule has 0 spiro atoms. The van der Waals surface area contributed by atoms with E-state index in [1.54, 1.807) is 12.3 Å². The maximum atomic E-state index is 11.9. The van der Waals surface area contributed by atoms with Gasteiger partial charge < -0.3 is 10.3 Å². The molecule has 86 valence electrons. The summed E-state index contributed by atoms with van der Waals surface area (Å²) in [5, 5.41) is 0. The van der Waals surface area contributed by atoms with E-state index in [1.807, 2.05) is 30.3 Å². The molecular weight excluding hydrogens is 216 g/mol. The van der Waals surface area contributed by atoms with E-state index < -0.39 is 5.91 Å². The van der Waals surface area contributed by atoms with E-state index >= 15 is 0 Å². The summed E-state index contributed by atoms with van der Waals surface area (Å²) in [6, 6.07) is 12.6. The molecule has 0 aliphatic heterocycles. The molecular formula is C13H12N2O2. The van der Waals surface area contributed by atoms with Crippen LogP contribution in [0.25, 0.3) is 0 Å². The first-order chi connectivity index (χ1) is 8.18. The first kappa shape index (κ1) is 11.1. The SMILES string of the molecule is NC(=O)c1cccn(Cc2ccccc2)c1=O. The van der Waals surface area contributed by atoms with Crippen LogP contribution in [0.4, 0.5) is 0 Å². The lowest BCUT2D eigenvalue weighted by Crippen LogP contribution is -2.29. The highest BCUT2D eigenvalue weighted by molar-refractivity contribution is 5.92. The lowest BCUT2D eigenvalue weighted by Gasteiger charge is -2.06. The number of carbonyl (C=O) groups excluding carboxylic acids is 1. The standard InChI is InChI=1S/C13H12N2O2/c14-12(16)11-7-4-8-15(13(11)17)9-10-5-2-1-3-6-10/h1-8H,9H2,(H2,14,16). The maximum Gasteiger partial charge on any atom is 0.263 e. The van der Waals surface area contributed by atoms with Gasteiger partial charge in [-0.05, 0) is 17.7 Å². The van der Waals surface area contributed by atoms with Gasteiger partial charge in [0, 0.05) is 6.20 Å². The normalized spacial score (nSPS) is 10.1. The molecule has 2 aromatic rings. The van der Waals surface area contributed by atoms with E-state index in [2.05, 4.69) is 0 Å². The van der Waals surface area contributed by atoms with Crippen molar-refractivity contribution >= 4 is 5.91 Å². The number of carbonyl (C=O) groups is 1. The number of amides is 1. The molecule has 0 atom stereocenters. The van der Waals surface area contributed by atoms with Crippen molar-refractivity contribution in [2.75, 3.05) is 0 Å². The number of nitrogens with zero attached hydrogens (tertiary/aromatic N) is 1. The van der Waals surface area contributed by atoms with Crippen molar-refractivity contribution in [3.8, 4) is 0 Å². The predicted molar refractivity (Wildman–Crippen MR) is 64.8 cm³/mol. The van der Waals surface area contributed by atoms with Gasteiger partial charge in [-0.25, -0.2) is 0 Å². The van der Waals surface area contributed by atoms with Crippen molar-refractivity contribution in [1.82, 2.24) is 4.57 Å².